The number of ketones is 1. The van der Waals surface area contributed by atoms with E-state index < -0.39 is 0 Å². The second-order valence-corrected chi connectivity index (χ2v) is 9.93. The lowest BCUT2D eigenvalue weighted by Crippen LogP contribution is -2.52. The maximum absolute atomic E-state index is 13.7. The first-order valence-corrected chi connectivity index (χ1v) is 12.0. The Morgan fingerprint density at radius 3 is 2.75 bits per heavy atom. The van der Waals surface area contributed by atoms with Gasteiger partial charge in [-0.2, -0.15) is 11.8 Å². The Bertz CT molecular complexity index is 742. The van der Waals surface area contributed by atoms with E-state index in [9.17, 15) is 9.59 Å². The molecular weight excluding hydrogens is 368 g/mol. The molecule has 2 heterocycles. The summed E-state index contributed by atoms with van der Waals surface area (Å²) in [6, 6.07) is 6.45. The molecule has 4 rings (SSSR count). The first-order valence-electron chi connectivity index (χ1n) is 10.8. The third kappa shape index (κ3) is 4.02. The SMILES string of the molecule is CC(C)c1ccc2c(c1)C(C(=O)N1CCSCC1CN1CCCC1)CCC2=O. The van der Waals surface area contributed by atoms with Crippen LogP contribution in [0.3, 0.4) is 0 Å². The van der Waals surface area contributed by atoms with E-state index in [1.165, 1.54) is 31.5 Å². The van der Waals surface area contributed by atoms with Crippen molar-refractivity contribution in [3.8, 4) is 0 Å². The van der Waals surface area contributed by atoms with Crippen molar-refractivity contribution < 1.29 is 9.59 Å². The van der Waals surface area contributed by atoms with Crippen molar-refractivity contribution >= 4 is 23.5 Å². The number of thioether (sulfide) groups is 1. The third-order valence-corrected chi connectivity index (χ3v) is 7.65. The van der Waals surface area contributed by atoms with E-state index in [0.717, 1.165) is 35.7 Å². The first kappa shape index (κ1) is 20.0. The zero-order valence-electron chi connectivity index (χ0n) is 17.2. The van der Waals surface area contributed by atoms with Crippen LogP contribution in [0.15, 0.2) is 18.2 Å². The summed E-state index contributed by atoms with van der Waals surface area (Å²) >= 11 is 1.97. The topological polar surface area (TPSA) is 40.6 Å². The minimum Gasteiger partial charge on any atom is -0.336 e. The van der Waals surface area contributed by atoms with Crippen molar-refractivity contribution in [2.45, 2.75) is 57.4 Å². The van der Waals surface area contributed by atoms with Crippen LogP contribution < -0.4 is 0 Å². The molecule has 2 unspecified atom stereocenters. The molecule has 0 spiro atoms. The largest absolute Gasteiger partial charge is 0.336 e. The number of amides is 1. The number of carbonyl (C=O) groups is 2. The number of hydrogen-bond acceptors (Lipinski definition) is 4. The zero-order valence-corrected chi connectivity index (χ0v) is 18.0. The van der Waals surface area contributed by atoms with Crippen LogP contribution in [0, 0.1) is 0 Å². The fraction of sp³-hybridized carbons (Fsp3) is 0.652. The molecule has 5 heteroatoms. The fourth-order valence-electron chi connectivity index (χ4n) is 4.86. The quantitative estimate of drug-likeness (QED) is 0.768. The van der Waals surface area contributed by atoms with E-state index in [2.05, 4.69) is 35.8 Å². The number of nitrogens with zero attached hydrogens (tertiary/aromatic N) is 2. The Morgan fingerprint density at radius 2 is 2.00 bits per heavy atom. The van der Waals surface area contributed by atoms with Gasteiger partial charge in [0, 0.05) is 36.6 Å². The predicted octanol–water partition coefficient (Wildman–Crippen LogP) is 3.91. The highest BCUT2D eigenvalue weighted by Gasteiger charge is 2.37. The summed E-state index contributed by atoms with van der Waals surface area (Å²) in [4.78, 5) is 30.8. The summed E-state index contributed by atoms with van der Waals surface area (Å²) in [7, 11) is 0. The molecule has 2 saturated heterocycles. The van der Waals surface area contributed by atoms with E-state index in [1.54, 1.807) is 0 Å². The Hall–Kier alpha value is -1.33. The molecule has 4 nitrogen and oxygen atoms in total. The molecule has 1 aromatic carbocycles. The standard InChI is InChI=1S/C23H32N2O2S/c1-16(2)17-5-6-19-21(13-17)20(7-8-22(19)26)23(27)25-11-12-28-15-18(25)14-24-9-3-4-10-24/h5-6,13,16,18,20H,3-4,7-12,14-15H2,1-2H3. The summed E-state index contributed by atoms with van der Waals surface area (Å²) in [5.41, 5.74) is 2.97. The van der Waals surface area contributed by atoms with Gasteiger partial charge in [0.1, 0.15) is 0 Å². The van der Waals surface area contributed by atoms with Gasteiger partial charge < -0.3 is 9.80 Å². The van der Waals surface area contributed by atoms with Gasteiger partial charge in [0.25, 0.3) is 0 Å². The average Bonchev–Trinajstić information content (AvgIpc) is 3.21. The summed E-state index contributed by atoms with van der Waals surface area (Å²) in [6.45, 7) is 8.51. The van der Waals surface area contributed by atoms with Gasteiger partial charge in [0.05, 0.1) is 12.0 Å². The molecule has 2 atom stereocenters. The molecule has 152 valence electrons. The van der Waals surface area contributed by atoms with Crippen LogP contribution >= 0.6 is 11.8 Å². The van der Waals surface area contributed by atoms with Crippen molar-refractivity contribution in [2.24, 2.45) is 0 Å². The molecule has 28 heavy (non-hydrogen) atoms. The summed E-state index contributed by atoms with van der Waals surface area (Å²) in [5.74, 6) is 2.74. The number of carbonyl (C=O) groups excluding carboxylic acids is 2. The van der Waals surface area contributed by atoms with Gasteiger partial charge in [-0.3, -0.25) is 9.59 Å². The van der Waals surface area contributed by atoms with Crippen LogP contribution in [0.4, 0.5) is 0 Å². The first-order chi connectivity index (χ1) is 13.5. The van der Waals surface area contributed by atoms with Crippen LogP contribution in [0.5, 0.6) is 0 Å². The van der Waals surface area contributed by atoms with E-state index in [0.29, 0.717) is 24.8 Å². The van der Waals surface area contributed by atoms with E-state index in [1.807, 2.05) is 17.8 Å². The van der Waals surface area contributed by atoms with Gasteiger partial charge >= 0.3 is 0 Å². The molecule has 0 N–H and O–H groups in total. The van der Waals surface area contributed by atoms with Crippen molar-refractivity contribution in [2.75, 3.05) is 37.7 Å². The van der Waals surface area contributed by atoms with Crippen LogP contribution in [-0.4, -0.2) is 65.2 Å². The van der Waals surface area contributed by atoms with E-state index in [4.69, 9.17) is 0 Å². The van der Waals surface area contributed by atoms with Crippen molar-refractivity contribution in [3.63, 3.8) is 0 Å². The molecule has 2 fully saturated rings. The van der Waals surface area contributed by atoms with Crippen molar-refractivity contribution in [1.29, 1.82) is 0 Å². The van der Waals surface area contributed by atoms with E-state index in [-0.39, 0.29) is 17.6 Å². The molecule has 0 radical (unpaired) electrons. The van der Waals surface area contributed by atoms with Crippen molar-refractivity contribution in [3.05, 3.63) is 34.9 Å². The zero-order chi connectivity index (χ0) is 19.7. The minimum absolute atomic E-state index is 0.157. The van der Waals surface area contributed by atoms with Gasteiger partial charge in [-0.15, -0.1) is 0 Å². The number of fused-ring (bicyclic) bond motifs is 1. The minimum atomic E-state index is -0.157. The molecule has 2 aliphatic heterocycles. The highest BCUT2D eigenvalue weighted by atomic mass is 32.2. The van der Waals surface area contributed by atoms with Gasteiger partial charge in [-0.25, -0.2) is 0 Å². The average molecular weight is 401 g/mol. The number of Topliss-reactive ketones (excluding diaryl/α,β-unsaturated/α-hetero) is 1. The highest BCUT2D eigenvalue weighted by molar-refractivity contribution is 7.99. The lowest BCUT2D eigenvalue weighted by Gasteiger charge is -2.40. The molecule has 1 aromatic rings. The van der Waals surface area contributed by atoms with Gasteiger partial charge in [-0.1, -0.05) is 32.0 Å². The van der Waals surface area contributed by atoms with Crippen molar-refractivity contribution in [1.82, 2.24) is 9.80 Å². The number of hydrogen-bond donors (Lipinski definition) is 0. The van der Waals surface area contributed by atoms with Crippen LogP contribution in [-0.2, 0) is 4.79 Å². The van der Waals surface area contributed by atoms with Crippen LogP contribution in [0.2, 0.25) is 0 Å². The maximum atomic E-state index is 13.7. The van der Waals surface area contributed by atoms with Crippen LogP contribution in [0.1, 0.15) is 72.9 Å². The second-order valence-electron chi connectivity index (χ2n) is 8.78. The molecular formula is C23H32N2O2S. The molecule has 0 bridgehead atoms. The molecule has 1 amide bonds. The van der Waals surface area contributed by atoms with E-state index >= 15 is 0 Å². The maximum Gasteiger partial charge on any atom is 0.230 e. The smallest absolute Gasteiger partial charge is 0.230 e. The predicted molar refractivity (Wildman–Crippen MR) is 115 cm³/mol. The Kier molecular flexibility index (Phi) is 6.12. The monoisotopic (exact) mass is 400 g/mol. The number of benzene rings is 1. The summed E-state index contributed by atoms with van der Waals surface area (Å²) in [6.07, 6.45) is 3.71. The van der Waals surface area contributed by atoms with Gasteiger partial charge in [0.2, 0.25) is 5.91 Å². The Balaban J connectivity index is 1.59. The number of likely N-dealkylation sites (tertiary alicyclic amines) is 1. The lowest BCUT2D eigenvalue weighted by molar-refractivity contribution is -0.135. The number of rotatable bonds is 4. The Labute approximate surface area is 173 Å². The van der Waals surface area contributed by atoms with Gasteiger partial charge in [-0.05, 0) is 49.4 Å². The summed E-state index contributed by atoms with van der Waals surface area (Å²) < 4.78 is 0. The normalized spacial score (nSPS) is 26.0. The molecule has 0 aromatic heterocycles. The van der Waals surface area contributed by atoms with Gasteiger partial charge in [0.15, 0.2) is 5.78 Å². The fourth-order valence-corrected chi connectivity index (χ4v) is 5.91. The summed E-state index contributed by atoms with van der Waals surface area (Å²) in [5, 5.41) is 0. The highest BCUT2D eigenvalue weighted by Crippen LogP contribution is 2.36. The molecule has 1 aliphatic carbocycles. The van der Waals surface area contributed by atoms with Crippen LogP contribution in [0.25, 0.3) is 0 Å². The Morgan fingerprint density at radius 1 is 1.21 bits per heavy atom. The molecule has 0 saturated carbocycles. The molecule has 3 aliphatic rings. The second kappa shape index (κ2) is 8.58. The third-order valence-electron chi connectivity index (χ3n) is 6.55. The lowest BCUT2D eigenvalue weighted by atomic mass is 9.79.